The molecule has 156 valence electrons. The Hall–Kier alpha value is -3.91. The van der Waals surface area contributed by atoms with Crippen LogP contribution in [0.15, 0.2) is 78.9 Å². The number of tetrazole rings is 1. The number of aromatic nitrogens is 4. The van der Waals surface area contributed by atoms with Crippen molar-refractivity contribution in [1.82, 2.24) is 20.2 Å². The molecule has 31 heavy (non-hydrogen) atoms. The third-order valence-electron chi connectivity index (χ3n) is 5.33. The number of quaternary nitrogens is 1. The fourth-order valence-corrected chi connectivity index (χ4v) is 3.85. The van der Waals surface area contributed by atoms with E-state index in [2.05, 4.69) is 27.7 Å². The minimum atomic E-state index is -0.369. The lowest BCUT2D eigenvalue weighted by Crippen LogP contribution is -3.08. The van der Waals surface area contributed by atoms with Crippen LogP contribution in [-0.4, -0.2) is 32.2 Å². The van der Waals surface area contributed by atoms with Crippen molar-refractivity contribution >= 4 is 5.69 Å². The van der Waals surface area contributed by atoms with Crippen LogP contribution in [0.25, 0.3) is 5.69 Å². The second-order valence-electron chi connectivity index (χ2n) is 7.53. The Labute approximate surface area is 179 Å². The van der Waals surface area contributed by atoms with Gasteiger partial charge >= 0.3 is 0 Å². The number of hydrogen-bond donors (Lipinski definition) is 1. The molecule has 0 amide bonds. The molecule has 0 saturated heterocycles. The zero-order valence-electron chi connectivity index (χ0n) is 17.3. The predicted molar refractivity (Wildman–Crippen MR) is 116 cm³/mol. The highest BCUT2D eigenvalue weighted by molar-refractivity contribution is 5.40. The third kappa shape index (κ3) is 4.34. The van der Waals surface area contributed by atoms with Gasteiger partial charge in [-0.15, -0.1) is 5.10 Å². The fourth-order valence-electron chi connectivity index (χ4n) is 3.85. The number of para-hydroxylation sites is 1. The zero-order valence-corrected chi connectivity index (χ0v) is 17.3. The minimum absolute atomic E-state index is 0.0892. The summed E-state index contributed by atoms with van der Waals surface area (Å²) in [4.78, 5) is 11.9. The van der Waals surface area contributed by atoms with E-state index in [1.165, 1.54) is 6.07 Å². The van der Waals surface area contributed by atoms with Crippen molar-refractivity contribution in [2.45, 2.75) is 19.5 Å². The lowest BCUT2D eigenvalue weighted by molar-refractivity contribution is -0.920. The summed E-state index contributed by atoms with van der Waals surface area (Å²) >= 11 is 0. The minimum Gasteiger partial charge on any atom is -0.321 e. The number of benzene rings is 3. The van der Waals surface area contributed by atoms with E-state index in [0.29, 0.717) is 12.4 Å². The fraction of sp³-hybridized carbons (Fsp3) is 0.174. The van der Waals surface area contributed by atoms with Gasteiger partial charge in [0.05, 0.1) is 17.7 Å². The van der Waals surface area contributed by atoms with Gasteiger partial charge in [-0.1, -0.05) is 60.7 Å². The lowest BCUT2D eigenvalue weighted by atomic mass is 10.0. The van der Waals surface area contributed by atoms with Gasteiger partial charge in [0.2, 0.25) is 5.82 Å². The molecule has 2 atom stereocenters. The predicted octanol–water partition coefficient (Wildman–Crippen LogP) is 2.68. The quantitative estimate of drug-likeness (QED) is 0.370. The molecule has 0 aliphatic heterocycles. The standard InChI is InChI=1S/C23H22N6O2/c1-17-9-6-7-14-21(17)28-23(24-25-26-28)22(19-11-4-3-5-12-19)27(2)16-18-10-8-13-20(15-18)29(30)31/h3-15,22H,16H2,1-2H3/p+1/t22-/m0/s1. The van der Waals surface area contributed by atoms with Crippen LogP contribution in [0.2, 0.25) is 0 Å². The van der Waals surface area contributed by atoms with Crippen molar-refractivity contribution in [2.24, 2.45) is 0 Å². The van der Waals surface area contributed by atoms with Gasteiger partial charge in [0.1, 0.15) is 6.54 Å². The van der Waals surface area contributed by atoms with Crippen LogP contribution in [0, 0.1) is 17.0 Å². The Morgan fingerprint density at radius 2 is 1.77 bits per heavy atom. The molecule has 1 unspecified atom stereocenters. The van der Waals surface area contributed by atoms with Crippen molar-refractivity contribution in [3.8, 4) is 5.69 Å². The van der Waals surface area contributed by atoms with E-state index in [9.17, 15) is 10.1 Å². The van der Waals surface area contributed by atoms with Gasteiger partial charge in [-0.2, -0.15) is 4.68 Å². The maximum absolute atomic E-state index is 11.2. The highest BCUT2D eigenvalue weighted by Crippen LogP contribution is 2.22. The average Bonchev–Trinajstić information content (AvgIpc) is 3.24. The summed E-state index contributed by atoms with van der Waals surface area (Å²) in [7, 11) is 2.05. The number of nitro groups is 1. The molecule has 1 aromatic heterocycles. The first-order valence-electron chi connectivity index (χ1n) is 9.99. The van der Waals surface area contributed by atoms with Gasteiger partial charge in [-0.3, -0.25) is 10.1 Å². The Kier molecular flexibility index (Phi) is 5.81. The van der Waals surface area contributed by atoms with E-state index in [0.717, 1.165) is 27.3 Å². The maximum Gasteiger partial charge on any atom is 0.269 e. The van der Waals surface area contributed by atoms with Gasteiger partial charge in [-0.05, 0) is 29.0 Å². The van der Waals surface area contributed by atoms with Crippen LogP contribution in [0.3, 0.4) is 0 Å². The van der Waals surface area contributed by atoms with Gasteiger partial charge in [0, 0.05) is 23.3 Å². The molecule has 0 aliphatic rings. The van der Waals surface area contributed by atoms with E-state index >= 15 is 0 Å². The topological polar surface area (TPSA) is 91.2 Å². The number of nitrogens with one attached hydrogen (secondary N) is 1. The van der Waals surface area contributed by atoms with Crippen LogP contribution in [0.4, 0.5) is 5.69 Å². The van der Waals surface area contributed by atoms with Crippen molar-refractivity contribution in [1.29, 1.82) is 0 Å². The Balaban J connectivity index is 1.75. The molecule has 0 saturated carbocycles. The first-order valence-corrected chi connectivity index (χ1v) is 9.99. The second kappa shape index (κ2) is 8.85. The summed E-state index contributed by atoms with van der Waals surface area (Å²) in [6.07, 6.45) is 0. The molecular weight excluding hydrogens is 392 g/mol. The highest BCUT2D eigenvalue weighted by Gasteiger charge is 2.30. The first kappa shape index (κ1) is 20.4. The number of nitro benzene ring substituents is 1. The SMILES string of the molecule is Cc1ccccc1-n1nnnc1[C@H](c1ccccc1)[NH+](C)Cc1cccc([N+](=O)[O-])c1. The molecule has 0 spiro atoms. The van der Waals surface area contributed by atoms with Crippen molar-refractivity contribution in [3.05, 3.63) is 111 Å². The molecule has 0 fully saturated rings. The third-order valence-corrected chi connectivity index (χ3v) is 5.33. The lowest BCUT2D eigenvalue weighted by Gasteiger charge is -2.25. The van der Waals surface area contributed by atoms with Gasteiger partial charge in [0.15, 0.2) is 6.04 Å². The zero-order chi connectivity index (χ0) is 21.8. The number of aryl methyl sites for hydroxylation is 1. The smallest absolute Gasteiger partial charge is 0.269 e. The molecule has 3 aromatic carbocycles. The molecule has 8 heteroatoms. The molecule has 1 heterocycles. The van der Waals surface area contributed by atoms with E-state index in [4.69, 9.17) is 0 Å². The normalized spacial score (nSPS) is 13.0. The van der Waals surface area contributed by atoms with Crippen molar-refractivity contribution < 1.29 is 9.82 Å². The van der Waals surface area contributed by atoms with E-state index in [1.807, 2.05) is 62.5 Å². The molecule has 0 bridgehead atoms. The molecule has 4 aromatic rings. The van der Waals surface area contributed by atoms with E-state index in [-0.39, 0.29) is 16.7 Å². The summed E-state index contributed by atoms with van der Waals surface area (Å²) in [5, 5.41) is 23.8. The van der Waals surface area contributed by atoms with Gasteiger partial charge in [0.25, 0.3) is 5.69 Å². The van der Waals surface area contributed by atoms with E-state index < -0.39 is 0 Å². The second-order valence-corrected chi connectivity index (χ2v) is 7.53. The molecule has 1 N–H and O–H groups in total. The largest absolute Gasteiger partial charge is 0.321 e. The number of nitrogens with zero attached hydrogens (tertiary/aromatic N) is 5. The van der Waals surface area contributed by atoms with Crippen LogP contribution in [-0.2, 0) is 6.54 Å². The van der Waals surface area contributed by atoms with E-state index in [1.54, 1.807) is 16.8 Å². The van der Waals surface area contributed by atoms with Gasteiger partial charge < -0.3 is 4.90 Å². The Bertz CT molecular complexity index is 1190. The summed E-state index contributed by atoms with van der Waals surface area (Å²) in [6, 6.07) is 24.6. The van der Waals surface area contributed by atoms with Crippen LogP contribution >= 0.6 is 0 Å². The monoisotopic (exact) mass is 415 g/mol. The van der Waals surface area contributed by atoms with Gasteiger partial charge in [-0.25, -0.2) is 0 Å². The molecule has 0 aliphatic carbocycles. The summed E-state index contributed by atoms with van der Waals surface area (Å²) in [5.74, 6) is 0.712. The number of rotatable bonds is 7. The summed E-state index contributed by atoms with van der Waals surface area (Å²) in [5.41, 5.74) is 4.02. The van der Waals surface area contributed by atoms with Crippen LogP contribution in [0.5, 0.6) is 0 Å². The highest BCUT2D eigenvalue weighted by atomic mass is 16.6. The molecule has 8 nitrogen and oxygen atoms in total. The molecular formula is C23H23N6O2+. The summed E-state index contributed by atoms with van der Waals surface area (Å²) < 4.78 is 1.78. The average molecular weight is 415 g/mol. The van der Waals surface area contributed by atoms with Crippen LogP contribution in [0.1, 0.15) is 28.6 Å². The van der Waals surface area contributed by atoms with Crippen LogP contribution < -0.4 is 4.90 Å². The number of non-ortho nitro benzene ring substituents is 1. The number of hydrogen-bond acceptors (Lipinski definition) is 5. The first-order chi connectivity index (χ1) is 15.0. The summed E-state index contributed by atoms with van der Waals surface area (Å²) in [6.45, 7) is 2.60. The Morgan fingerprint density at radius 1 is 1.03 bits per heavy atom. The Morgan fingerprint density at radius 3 is 2.52 bits per heavy atom. The maximum atomic E-state index is 11.2. The molecule has 4 rings (SSSR count). The van der Waals surface area contributed by atoms with Crippen molar-refractivity contribution in [3.63, 3.8) is 0 Å². The van der Waals surface area contributed by atoms with Crippen molar-refractivity contribution in [2.75, 3.05) is 7.05 Å². The molecule has 0 radical (unpaired) electrons.